The number of carbonyl (C=O) groups excluding carboxylic acids is 2. The molecule has 2 atom stereocenters. The zero-order valence-electron chi connectivity index (χ0n) is 16.6. The number of aliphatic hydroxyl groups is 2. The van der Waals surface area contributed by atoms with Crippen LogP contribution in [0.15, 0.2) is 60.4 Å². The van der Waals surface area contributed by atoms with Crippen LogP contribution in [0.1, 0.15) is 32.1 Å². The first-order valence-corrected chi connectivity index (χ1v) is 9.74. The largest absolute Gasteiger partial charge is 0.493 e. The number of hydrogen-bond donors (Lipinski definition) is 2. The molecule has 2 rings (SSSR count). The van der Waals surface area contributed by atoms with Crippen molar-refractivity contribution in [1.82, 2.24) is 0 Å². The summed E-state index contributed by atoms with van der Waals surface area (Å²) >= 11 is 0. The Hall–Kier alpha value is -2.66. The molecule has 156 valence electrons. The van der Waals surface area contributed by atoms with Gasteiger partial charge < -0.3 is 19.7 Å². The summed E-state index contributed by atoms with van der Waals surface area (Å²) in [6.45, 7) is 0.582. The highest BCUT2D eigenvalue weighted by atomic mass is 16.6. The molecule has 1 aromatic rings. The third-order valence-electron chi connectivity index (χ3n) is 4.84. The molecule has 0 heterocycles. The number of para-hydroxylation sites is 1. The molecule has 0 bridgehead atoms. The summed E-state index contributed by atoms with van der Waals surface area (Å²) in [7, 11) is 1.08. The molecule has 1 saturated carbocycles. The Balaban J connectivity index is 1.79. The van der Waals surface area contributed by atoms with Gasteiger partial charge in [0.05, 0.1) is 13.7 Å². The number of methoxy groups -OCH3 is 1. The van der Waals surface area contributed by atoms with E-state index in [0.717, 1.165) is 25.7 Å². The lowest BCUT2D eigenvalue weighted by Crippen LogP contribution is -2.38. The lowest BCUT2D eigenvalue weighted by molar-refractivity contribution is -0.205. The van der Waals surface area contributed by atoms with E-state index >= 15 is 0 Å². The number of esters is 1. The highest BCUT2D eigenvalue weighted by molar-refractivity contribution is 5.83. The van der Waals surface area contributed by atoms with Crippen LogP contribution in [0.5, 0.6) is 5.75 Å². The average Bonchev–Trinajstić information content (AvgIpc) is 3.07. The molecule has 1 aromatic carbocycles. The molecule has 1 aliphatic carbocycles. The van der Waals surface area contributed by atoms with Crippen LogP contribution >= 0.6 is 0 Å². The molecule has 29 heavy (non-hydrogen) atoms. The summed E-state index contributed by atoms with van der Waals surface area (Å²) in [6, 6.07) is 9.63. The van der Waals surface area contributed by atoms with Gasteiger partial charge in [-0.2, -0.15) is 0 Å². The summed E-state index contributed by atoms with van der Waals surface area (Å²) in [6.07, 6.45) is 9.54. The van der Waals surface area contributed by atoms with Gasteiger partial charge in [0.2, 0.25) is 0 Å². The van der Waals surface area contributed by atoms with Gasteiger partial charge in [-0.25, -0.2) is 4.79 Å². The highest BCUT2D eigenvalue weighted by Gasteiger charge is 2.33. The number of rotatable bonds is 10. The third kappa shape index (κ3) is 7.35. The van der Waals surface area contributed by atoms with E-state index in [-0.39, 0.29) is 24.0 Å². The van der Waals surface area contributed by atoms with Gasteiger partial charge in [0.25, 0.3) is 5.79 Å². The van der Waals surface area contributed by atoms with Gasteiger partial charge in [0, 0.05) is 18.8 Å². The summed E-state index contributed by atoms with van der Waals surface area (Å²) < 4.78 is 9.95. The van der Waals surface area contributed by atoms with Crippen LogP contribution in [-0.4, -0.2) is 41.5 Å². The van der Waals surface area contributed by atoms with E-state index in [1.54, 1.807) is 6.08 Å². The first-order valence-electron chi connectivity index (χ1n) is 9.74. The minimum atomic E-state index is -2.56. The second-order valence-corrected chi connectivity index (χ2v) is 6.98. The van der Waals surface area contributed by atoms with Crippen molar-refractivity contribution in [2.24, 2.45) is 11.8 Å². The topological polar surface area (TPSA) is 93.1 Å². The number of allylic oxidation sites excluding steroid dienone is 1. The maximum Gasteiger partial charge on any atom is 0.366 e. The molecule has 2 N–H and O–H groups in total. The van der Waals surface area contributed by atoms with Crippen molar-refractivity contribution in [2.75, 3.05) is 13.7 Å². The van der Waals surface area contributed by atoms with Crippen LogP contribution in [0.3, 0.4) is 0 Å². The van der Waals surface area contributed by atoms with Crippen molar-refractivity contribution in [3.63, 3.8) is 0 Å². The normalized spacial score (nSPS) is 19.1. The molecular weight excluding hydrogens is 372 g/mol. The fourth-order valence-corrected chi connectivity index (χ4v) is 3.23. The molecule has 0 aliphatic heterocycles. The molecule has 6 nitrogen and oxygen atoms in total. The van der Waals surface area contributed by atoms with Crippen LogP contribution in [0.25, 0.3) is 0 Å². The quantitative estimate of drug-likeness (QED) is 0.206. The molecule has 0 amide bonds. The Morgan fingerprint density at radius 3 is 2.76 bits per heavy atom. The number of hydrogen-bond acceptors (Lipinski definition) is 6. The zero-order chi connectivity index (χ0) is 21.1. The van der Waals surface area contributed by atoms with Gasteiger partial charge in [-0.1, -0.05) is 30.4 Å². The van der Waals surface area contributed by atoms with Gasteiger partial charge >= 0.3 is 5.97 Å². The fraction of sp³-hybridized carbons (Fsp3) is 0.435. The second kappa shape index (κ2) is 11.4. The molecular formula is C23H28O6. The van der Waals surface area contributed by atoms with Gasteiger partial charge in [-0.05, 0) is 49.5 Å². The van der Waals surface area contributed by atoms with Crippen molar-refractivity contribution in [2.45, 2.75) is 37.9 Å². The van der Waals surface area contributed by atoms with Crippen LogP contribution in [0, 0.1) is 11.8 Å². The third-order valence-corrected chi connectivity index (χ3v) is 4.84. The predicted octanol–water partition coefficient (Wildman–Crippen LogP) is 2.95. The van der Waals surface area contributed by atoms with E-state index in [2.05, 4.69) is 22.6 Å². The Labute approximate surface area is 171 Å². The highest BCUT2D eigenvalue weighted by Crippen LogP contribution is 2.32. The standard InChI is InChI=1S/C23H28O6/c1-28-22(25)23(26,27)16-8-3-6-13-20-18(14-15-21(20)24)10-7-9-17-29-19-11-4-2-5-12-19/h2,4-8,10-12,18,20,26-27H,9,13-17H2,1H3/b10-7+/t3?,18-,20+/m0/s1. The Morgan fingerprint density at radius 1 is 1.28 bits per heavy atom. The SMILES string of the molecule is COC(=O)C(O)(O)CC=C=CC[C@H]1C(=O)CC[C@@H]1/C=C/CCOc1ccccc1. The molecule has 1 aliphatic rings. The van der Waals surface area contributed by atoms with Crippen molar-refractivity contribution in [1.29, 1.82) is 0 Å². The Kier molecular flexibility index (Phi) is 8.87. The lowest BCUT2D eigenvalue weighted by atomic mass is 9.91. The molecule has 0 spiro atoms. The first-order chi connectivity index (χ1) is 13.9. The average molecular weight is 400 g/mol. The van der Waals surface area contributed by atoms with Gasteiger partial charge in [0.1, 0.15) is 11.5 Å². The molecule has 1 fully saturated rings. The molecule has 0 radical (unpaired) electrons. The maximum absolute atomic E-state index is 12.2. The number of ether oxygens (including phenoxy) is 2. The lowest BCUT2D eigenvalue weighted by Gasteiger charge is -2.15. The molecule has 0 aromatic heterocycles. The number of ketones is 1. The van der Waals surface area contributed by atoms with Crippen molar-refractivity contribution in [3.8, 4) is 5.75 Å². The van der Waals surface area contributed by atoms with Crippen LogP contribution in [-0.2, 0) is 14.3 Å². The second-order valence-electron chi connectivity index (χ2n) is 6.98. The van der Waals surface area contributed by atoms with Crippen molar-refractivity contribution >= 4 is 11.8 Å². The summed E-state index contributed by atoms with van der Waals surface area (Å²) in [4.78, 5) is 23.3. The monoisotopic (exact) mass is 400 g/mol. The maximum atomic E-state index is 12.2. The van der Waals surface area contributed by atoms with E-state index in [1.807, 2.05) is 30.3 Å². The van der Waals surface area contributed by atoms with Crippen LogP contribution in [0.2, 0.25) is 0 Å². The van der Waals surface area contributed by atoms with E-state index < -0.39 is 11.8 Å². The van der Waals surface area contributed by atoms with Gasteiger partial charge in [-0.15, -0.1) is 5.73 Å². The summed E-state index contributed by atoms with van der Waals surface area (Å²) in [5, 5.41) is 19.0. The molecule has 0 unspecified atom stereocenters. The van der Waals surface area contributed by atoms with E-state index in [1.165, 1.54) is 6.08 Å². The van der Waals surface area contributed by atoms with Crippen molar-refractivity contribution in [3.05, 3.63) is 60.4 Å². The fourth-order valence-electron chi connectivity index (χ4n) is 3.23. The minimum absolute atomic E-state index is 0.101. The van der Waals surface area contributed by atoms with E-state index in [4.69, 9.17) is 4.74 Å². The predicted molar refractivity (Wildman–Crippen MR) is 108 cm³/mol. The number of carbonyl (C=O) groups is 2. The first kappa shape index (κ1) is 22.6. The Morgan fingerprint density at radius 2 is 2.03 bits per heavy atom. The minimum Gasteiger partial charge on any atom is -0.493 e. The van der Waals surface area contributed by atoms with E-state index in [0.29, 0.717) is 19.4 Å². The summed E-state index contributed by atoms with van der Waals surface area (Å²) in [5.74, 6) is -2.53. The van der Waals surface area contributed by atoms with Crippen LogP contribution < -0.4 is 4.74 Å². The van der Waals surface area contributed by atoms with Gasteiger partial charge in [-0.3, -0.25) is 4.79 Å². The molecule has 0 saturated heterocycles. The molecule has 6 heteroatoms. The zero-order valence-corrected chi connectivity index (χ0v) is 16.6. The smallest absolute Gasteiger partial charge is 0.366 e. The van der Waals surface area contributed by atoms with E-state index in [9.17, 15) is 19.8 Å². The summed E-state index contributed by atoms with van der Waals surface area (Å²) in [5.41, 5.74) is 2.81. The van der Waals surface area contributed by atoms with Crippen molar-refractivity contribution < 1.29 is 29.3 Å². The van der Waals surface area contributed by atoms with Gasteiger partial charge in [0.15, 0.2) is 0 Å². The number of benzene rings is 1. The Bertz CT molecular complexity index is 759. The van der Waals surface area contributed by atoms with Crippen LogP contribution in [0.4, 0.5) is 0 Å². The number of Topliss-reactive ketones (excluding diaryl/α,β-unsaturated/α-hetero) is 1.